The molecule has 0 spiro atoms. The first-order valence-corrected chi connectivity index (χ1v) is 7.74. The van der Waals surface area contributed by atoms with E-state index in [2.05, 4.69) is 0 Å². The van der Waals surface area contributed by atoms with Crippen LogP contribution >= 0.6 is 0 Å². The van der Waals surface area contributed by atoms with Crippen LogP contribution in [0.15, 0.2) is 0 Å². The zero-order valence-electron chi connectivity index (χ0n) is 9.37. The van der Waals surface area contributed by atoms with E-state index in [1.54, 1.807) is 14.2 Å². The van der Waals surface area contributed by atoms with Gasteiger partial charge in [-0.05, 0) is 11.7 Å². The Hall–Kier alpha value is 0.0969. The first-order valence-electron chi connectivity index (χ1n) is 5.59. The molecule has 0 saturated heterocycles. The van der Waals surface area contributed by atoms with Gasteiger partial charge < -0.3 is 15.2 Å². The van der Waals surface area contributed by atoms with Crippen molar-refractivity contribution in [3.8, 4) is 0 Å². The Balaban J connectivity index is 2.49. The van der Waals surface area contributed by atoms with Crippen molar-refractivity contribution in [1.29, 1.82) is 0 Å². The third kappa shape index (κ3) is 3.05. The van der Waals surface area contributed by atoms with Crippen molar-refractivity contribution in [3.63, 3.8) is 0 Å². The third-order valence-corrected chi connectivity index (χ3v) is 7.01. The number of hydrogen-bond acceptors (Lipinski definition) is 3. The first kappa shape index (κ1) is 12.2. The van der Waals surface area contributed by atoms with Crippen LogP contribution in [0.5, 0.6) is 0 Å². The van der Waals surface area contributed by atoms with Crippen LogP contribution in [0, 0.1) is 0 Å². The molecule has 0 heterocycles. The molecule has 14 heavy (non-hydrogen) atoms. The summed E-state index contributed by atoms with van der Waals surface area (Å²) in [7, 11) is 2.38. The summed E-state index contributed by atoms with van der Waals surface area (Å²) in [5.74, 6) is 0.0168. The molecule has 0 bridgehead atoms. The highest BCUT2D eigenvalue weighted by Crippen LogP contribution is 2.32. The summed E-state index contributed by atoms with van der Waals surface area (Å²) < 4.78 is 10.7. The van der Waals surface area contributed by atoms with Gasteiger partial charge in [-0.15, -0.1) is 0 Å². The molecule has 0 aromatic heterocycles. The summed E-state index contributed by atoms with van der Waals surface area (Å²) in [5.41, 5.74) is 6.69. The molecule has 4 heteroatoms. The molecule has 0 amide bonds. The predicted octanol–water partition coefficient (Wildman–Crippen LogP) is 1.20. The van der Waals surface area contributed by atoms with Crippen molar-refractivity contribution in [2.75, 3.05) is 20.4 Å². The summed E-state index contributed by atoms with van der Waals surface area (Å²) in [6, 6.07) is 0. The van der Waals surface area contributed by atoms with E-state index in [0.717, 1.165) is 11.7 Å². The van der Waals surface area contributed by atoms with Crippen molar-refractivity contribution in [2.24, 2.45) is 5.73 Å². The Morgan fingerprint density at radius 2 is 1.79 bits per heavy atom. The van der Waals surface area contributed by atoms with Crippen LogP contribution in [0.2, 0.25) is 5.54 Å². The fourth-order valence-electron chi connectivity index (χ4n) is 2.53. The van der Waals surface area contributed by atoms with E-state index in [9.17, 15) is 0 Å². The minimum absolute atomic E-state index is 0.0168. The summed E-state index contributed by atoms with van der Waals surface area (Å²) >= 11 is 0. The highest BCUT2D eigenvalue weighted by molar-refractivity contribution is 6.61. The maximum atomic E-state index is 5.86. The molecule has 84 valence electrons. The number of rotatable bonds is 5. The topological polar surface area (TPSA) is 44.5 Å². The van der Waals surface area contributed by atoms with Crippen LogP contribution in [-0.4, -0.2) is 35.1 Å². The van der Waals surface area contributed by atoms with Crippen LogP contribution in [0.25, 0.3) is 0 Å². The molecule has 0 aliphatic heterocycles. The summed E-state index contributed by atoms with van der Waals surface area (Å²) in [6.07, 6.45) is 7.63. The molecule has 3 nitrogen and oxygen atoms in total. The average Bonchev–Trinajstić information content (AvgIpc) is 2.27. The van der Waals surface area contributed by atoms with Gasteiger partial charge in [0.1, 0.15) is 14.7 Å². The largest absolute Gasteiger partial charge is 0.360 e. The molecule has 1 fully saturated rings. The Labute approximate surface area is 88.6 Å². The normalized spacial score (nSPS) is 21.4. The van der Waals surface area contributed by atoms with Gasteiger partial charge in [0.25, 0.3) is 0 Å². The molecule has 1 unspecified atom stereocenters. The molecule has 2 N–H and O–H groups in total. The summed E-state index contributed by atoms with van der Waals surface area (Å²) in [6.45, 7) is 0. The Morgan fingerprint density at radius 1 is 1.21 bits per heavy atom. The number of ether oxygens (including phenoxy) is 2. The van der Waals surface area contributed by atoms with Crippen molar-refractivity contribution in [3.05, 3.63) is 0 Å². The fourth-order valence-corrected chi connectivity index (χ4v) is 5.61. The molecule has 1 aliphatic rings. The van der Waals surface area contributed by atoms with Crippen LogP contribution in [0.3, 0.4) is 0 Å². The number of hydrogen-bond donors (Lipinski definition) is 1. The molecule has 0 aromatic rings. The van der Waals surface area contributed by atoms with Gasteiger partial charge in [0.15, 0.2) is 0 Å². The molecular formula is C10H23NO2Si. The summed E-state index contributed by atoms with van der Waals surface area (Å²) in [5, 5.41) is 0. The van der Waals surface area contributed by atoms with Gasteiger partial charge in [-0.3, -0.25) is 0 Å². The van der Waals surface area contributed by atoms with Gasteiger partial charge in [0.05, 0.1) is 0 Å². The Kier molecular flexibility index (Phi) is 5.70. The van der Waals surface area contributed by atoms with E-state index in [-0.39, 0.29) is 5.91 Å². The Bertz CT molecular complexity index is 147. The van der Waals surface area contributed by atoms with Gasteiger partial charge in [0.2, 0.25) is 0 Å². The molecule has 1 atom stereocenters. The lowest BCUT2D eigenvalue weighted by molar-refractivity contribution is -0.0486. The van der Waals surface area contributed by atoms with E-state index in [0.29, 0.717) is 0 Å². The molecule has 0 radical (unpaired) electrons. The van der Waals surface area contributed by atoms with Gasteiger partial charge in [-0.25, -0.2) is 0 Å². The highest BCUT2D eigenvalue weighted by Gasteiger charge is 2.31. The molecular weight excluding hydrogens is 194 g/mol. The lowest BCUT2D eigenvalue weighted by Crippen LogP contribution is -2.45. The molecule has 1 aliphatic carbocycles. The van der Waals surface area contributed by atoms with Crippen molar-refractivity contribution < 1.29 is 9.47 Å². The zero-order chi connectivity index (χ0) is 10.4. The summed E-state index contributed by atoms with van der Waals surface area (Å²) in [4.78, 5) is 0. The van der Waals surface area contributed by atoms with Crippen LogP contribution in [0.4, 0.5) is 0 Å². The van der Waals surface area contributed by atoms with Crippen LogP contribution in [-0.2, 0) is 9.47 Å². The fraction of sp³-hybridized carbons (Fsp3) is 1.00. The SMILES string of the molecule is COC(OC)[SiH](CN)C1CCCCC1. The predicted molar refractivity (Wildman–Crippen MR) is 60.8 cm³/mol. The standard InChI is InChI=1S/C10H23NO2Si/c1-12-10(13-2)14(8-11)9-6-4-3-5-7-9/h9-10,14H,3-8,11H2,1-2H3. The second kappa shape index (κ2) is 6.56. The lowest BCUT2D eigenvalue weighted by atomic mass is 10.0. The van der Waals surface area contributed by atoms with Gasteiger partial charge in [-0.1, -0.05) is 32.1 Å². The van der Waals surface area contributed by atoms with E-state index < -0.39 is 8.80 Å². The second-order valence-electron chi connectivity index (χ2n) is 4.14. The monoisotopic (exact) mass is 217 g/mol. The van der Waals surface area contributed by atoms with Crippen molar-refractivity contribution in [1.82, 2.24) is 0 Å². The van der Waals surface area contributed by atoms with E-state index >= 15 is 0 Å². The van der Waals surface area contributed by atoms with Crippen molar-refractivity contribution >= 4 is 8.80 Å². The molecule has 1 rings (SSSR count). The maximum Gasteiger partial charge on any atom is 0.139 e. The number of nitrogens with two attached hydrogens (primary N) is 1. The van der Waals surface area contributed by atoms with E-state index in [1.165, 1.54) is 32.1 Å². The van der Waals surface area contributed by atoms with Gasteiger partial charge in [-0.2, -0.15) is 0 Å². The average molecular weight is 217 g/mol. The van der Waals surface area contributed by atoms with Crippen LogP contribution in [0.1, 0.15) is 32.1 Å². The zero-order valence-corrected chi connectivity index (χ0v) is 10.5. The van der Waals surface area contributed by atoms with Gasteiger partial charge >= 0.3 is 0 Å². The smallest absolute Gasteiger partial charge is 0.139 e. The van der Waals surface area contributed by atoms with Gasteiger partial charge in [0, 0.05) is 14.2 Å². The van der Waals surface area contributed by atoms with E-state index in [4.69, 9.17) is 15.2 Å². The van der Waals surface area contributed by atoms with Crippen molar-refractivity contribution in [2.45, 2.75) is 43.6 Å². The maximum absolute atomic E-state index is 5.86. The number of methoxy groups -OCH3 is 2. The molecule has 0 aromatic carbocycles. The van der Waals surface area contributed by atoms with E-state index in [1.807, 2.05) is 0 Å². The lowest BCUT2D eigenvalue weighted by Gasteiger charge is -2.32. The minimum Gasteiger partial charge on any atom is -0.360 e. The Morgan fingerprint density at radius 3 is 2.21 bits per heavy atom. The first-order chi connectivity index (χ1) is 6.83. The second-order valence-corrected chi connectivity index (χ2v) is 7.42. The highest BCUT2D eigenvalue weighted by atomic mass is 28.3. The van der Waals surface area contributed by atoms with Crippen LogP contribution < -0.4 is 5.73 Å². The quantitative estimate of drug-likeness (QED) is 0.556. The third-order valence-electron chi connectivity index (χ3n) is 3.34. The molecule has 1 saturated carbocycles. The minimum atomic E-state index is -1.08.